The van der Waals surface area contributed by atoms with Crippen LogP contribution in [0.15, 0.2) is 0 Å². The Hall–Kier alpha value is -0.160. The SMILES string of the molecule is CCCCCCCCCCCOS(=O)(=O)CCCCCCF. The quantitative estimate of drug-likeness (QED) is 0.264. The number of rotatable bonds is 17. The fourth-order valence-electron chi connectivity index (χ4n) is 2.38. The molecule has 3 nitrogen and oxygen atoms in total. The van der Waals surface area contributed by atoms with Crippen LogP contribution in [0.4, 0.5) is 4.39 Å². The molecule has 0 aromatic rings. The van der Waals surface area contributed by atoms with Gasteiger partial charge in [-0.1, -0.05) is 71.1 Å². The molecule has 0 bridgehead atoms. The average Bonchev–Trinajstić information content (AvgIpc) is 2.49. The van der Waals surface area contributed by atoms with Crippen molar-refractivity contribution in [1.29, 1.82) is 0 Å². The van der Waals surface area contributed by atoms with Crippen LogP contribution in [0.1, 0.15) is 90.4 Å². The van der Waals surface area contributed by atoms with Crippen LogP contribution in [0, 0.1) is 0 Å². The van der Waals surface area contributed by atoms with E-state index >= 15 is 0 Å². The number of hydrogen-bond acceptors (Lipinski definition) is 3. The molecule has 0 fully saturated rings. The maximum Gasteiger partial charge on any atom is 0.267 e. The lowest BCUT2D eigenvalue weighted by molar-refractivity contribution is 0.305. The molecule has 5 heteroatoms. The molecule has 0 N–H and O–H groups in total. The first-order valence-electron chi connectivity index (χ1n) is 9.05. The molecule has 0 aromatic carbocycles. The van der Waals surface area contributed by atoms with Gasteiger partial charge in [0.15, 0.2) is 0 Å². The molecule has 0 saturated carbocycles. The fourth-order valence-corrected chi connectivity index (χ4v) is 3.43. The molecule has 0 saturated heterocycles. The lowest BCUT2D eigenvalue weighted by Gasteiger charge is -2.06. The van der Waals surface area contributed by atoms with Crippen LogP contribution in [0.25, 0.3) is 0 Å². The summed E-state index contributed by atoms with van der Waals surface area (Å²) in [6.07, 6.45) is 13.4. The monoisotopic (exact) mass is 338 g/mol. The van der Waals surface area contributed by atoms with Crippen molar-refractivity contribution in [3.05, 3.63) is 0 Å². The second-order valence-electron chi connectivity index (χ2n) is 6.02. The minimum Gasteiger partial charge on any atom is -0.270 e. The van der Waals surface area contributed by atoms with Gasteiger partial charge in [-0.3, -0.25) is 8.57 Å². The fraction of sp³-hybridized carbons (Fsp3) is 1.00. The Kier molecular flexibility index (Phi) is 15.6. The maximum absolute atomic E-state index is 11.9. The molecule has 134 valence electrons. The molecule has 0 rings (SSSR count). The van der Waals surface area contributed by atoms with E-state index in [1.54, 1.807) is 0 Å². The van der Waals surface area contributed by atoms with Crippen LogP contribution in [-0.2, 0) is 14.3 Å². The third kappa shape index (κ3) is 16.2. The van der Waals surface area contributed by atoms with Gasteiger partial charge in [-0.15, -0.1) is 0 Å². The van der Waals surface area contributed by atoms with Gasteiger partial charge in [0.05, 0.1) is 19.0 Å². The van der Waals surface area contributed by atoms with Gasteiger partial charge in [-0.25, -0.2) is 0 Å². The van der Waals surface area contributed by atoms with Crippen molar-refractivity contribution in [2.45, 2.75) is 90.4 Å². The zero-order chi connectivity index (χ0) is 16.5. The molecule has 0 aromatic heterocycles. The first kappa shape index (κ1) is 21.8. The Morgan fingerprint density at radius 2 is 1.23 bits per heavy atom. The van der Waals surface area contributed by atoms with E-state index in [2.05, 4.69) is 6.92 Å². The van der Waals surface area contributed by atoms with E-state index in [4.69, 9.17) is 4.18 Å². The van der Waals surface area contributed by atoms with Gasteiger partial charge >= 0.3 is 0 Å². The molecule has 0 unspecified atom stereocenters. The molecule has 0 heterocycles. The molecule has 0 aliphatic rings. The van der Waals surface area contributed by atoms with Crippen molar-refractivity contribution in [3.63, 3.8) is 0 Å². The lowest BCUT2D eigenvalue weighted by Crippen LogP contribution is -2.11. The van der Waals surface area contributed by atoms with Crippen LogP contribution < -0.4 is 0 Å². The number of alkyl halides is 1. The van der Waals surface area contributed by atoms with Crippen molar-refractivity contribution in [1.82, 2.24) is 0 Å². The van der Waals surface area contributed by atoms with Gasteiger partial charge in [-0.05, 0) is 19.3 Å². The molecule has 0 amide bonds. The summed E-state index contributed by atoms with van der Waals surface area (Å²) in [5.41, 5.74) is 0. The van der Waals surface area contributed by atoms with Crippen LogP contribution in [0.2, 0.25) is 0 Å². The van der Waals surface area contributed by atoms with Crippen molar-refractivity contribution in [2.75, 3.05) is 19.0 Å². The highest BCUT2D eigenvalue weighted by Gasteiger charge is 2.10. The third-order valence-electron chi connectivity index (χ3n) is 3.79. The normalized spacial score (nSPS) is 11.9. The van der Waals surface area contributed by atoms with Gasteiger partial charge in [0.25, 0.3) is 10.1 Å². The van der Waals surface area contributed by atoms with E-state index in [-0.39, 0.29) is 12.4 Å². The standard InChI is InChI=1S/C17H35FO3S/c1-2-3-4-5-6-7-8-10-13-16-21-22(19,20)17-14-11-9-12-15-18/h2-17H2,1H3. The zero-order valence-electron chi connectivity index (χ0n) is 14.3. The van der Waals surface area contributed by atoms with Crippen LogP contribution in [0.5, 0.6) is 0 Å². The topological polar surface area (TPSA) is 43.4 Å². The van der Waals surface area contributed by atoms with Crippen molar-refractivity contribution >= 4 is 10.1 Å². The largest absolute Gasteiger partial charge is 0.270 e. The second kappa shape index (κ2) is 15.7. The van der Waals surface area contributed by atoms with Gasteiger partial charge < -0.3 is 0 Å². The number of halogens is 1. The summed E-state index contributed by atoms with van der Waals surface area (Å²) >= 11 is 0. The molecule has 22 heavy (non-hydrogen) atoms. The van der Waals surface area contributed by atoms with E-state index in [0.717, 1.165) is 25.7 Å². The first-order chi connectivity index (χ1) is 10.6. The average molecular weight is 339 g/mol. The van der Waals surface area contributed by atoms with E-state index in [0.29, 0.717) is 19.4 Å². The highest BCUT2D eigenvalue weighted by molar-refractivity contribution is 7.86. The minimum atomic E-state index is -3.37. The van der Waals surface area contributed by atoms with E-state index < -0.39 is 10.1 Å². The predicted octanol–water partition coefficient (Wildman–Crippen LogP) is 5.39. The Morgan fingerprint density at radius 1 is 0.727 bits per heavy atom. The Balaban J connectivity index is 3.34. The van der Waals surface area contributed by atoms with E-state index in [1.165, 1.54) is 44.9 Å². The summed E-state index contributed by atoms with van der Waals surface area (Å²) in [5.74, 6) is 0.0662. The molecule has 0 atom stereocenters. The summed E-state index contributed by atoms with van der Waals surface area (Å²) in [6.45, 7) is 2.21. The second-order valence-corrected chi connectivity index (χ2v) is 7.77. The van der Waals surface area contributed by atoms with Gasteiger partial charge in [-0.2, -0.15) is 8.42 Å². The molecule has 0 aliphatic carbocycles. The van der Waals surface area contributed by atoms with Gasteiger partial charge in [0, 0.05) is 0 Å². The van der Waals surface area contributed by atoms with Crippen molar-refractivity contribution < 1.29 is 17.0 Å². The lowest BCUT2D eigenvalue weighted by atomic mass is 10.1. The molecule has 0 spiro atoms. The minimum absolute atomic E-state index is 0.0662. The maximum atomic E-state index is 11.9. The Bertz CT molecular complexity index is 318. The zero-order valence-corrected chi connectivity index (χ0v) is 15.1. The van der Waals surface area contributed by atoms with E-state index in [1.807, 2.05) is 0 Å². The molecule has 0 radical (unpaired) electrons. The van der Waals surface area contributed by atoms with Gasteiger partial charge in [0.2, 0.25) is 0 Å². The van der Waals surface area contributed by atoms with Gasteiger partial charge in [0.1, 0.15) is 0 Å². The first-order valence-corrected chi connectivity index (χ1v) is 10.6. The predicted molar refractivity (Wildman–Crippen MR) is 91.4 cm³/mol. The summed E-state index contributed by atoms with van der Waals surface area (Å²) in [6, 6.07) is 0. The molecular formula is C17H35FO3S. The third-order valence-corrected chi connectivity index (χ3v) is 5.10. The number of hydrogen-bond donors (Lipinski definition) is 0. The molecular weight excluding hydrogens is 303 g/mol. The van der Waals surface area contributed by atoms with Crippen LogP contribution >= 0.6 is 0 Å². The highest BCUT2D eigenvalue weighted by Crippen LogP contribution is 2.10. The van der Waals surface area contributed by atoms with Crippen molar-refractivity contribution in [2.24, 2.45) is 0 Å². The van der Waals surface area contributed by atoms with Crippen LogP contribution in [-0.4, -0.2) is 27.5 Å². The van der Waals surface area contributed by atoms with E-state index in [9.17, 15) is 12.8 Å². The summed E-state index contributed by atoms with van der Waals surface area (Å²) in [7, 11) is -3.37. The summed E-state index contributed by atoms with van der Waals surface area (Å²) in [4.78, 5) is 0. The summed E-state index contributed by atoms with van der Waals surface area (Å²) in [5, 5.41) is 0. The Morgan fingerprint density at radius 3 is 1.82 bits per heavy atom. The Labute approximate surface area is 137 Å². The highest BCUT2D eigenvalue weighted by atomic mass is 32.2. The molecule has 0 aliphatic heterocycles. The summed E-state index contributed by atoms with van der Waals surface area (Å²) < 4.78 is 40.1. The smallest absolute Gasteiger partial charge is 0.267 e. The number of unbranched alkanes of at least 4 members (excludes halogenated alkanes) is 11. The van der Waals surface area contributed by atoms with Crippen molar-refractivity contribution in [3.8, 4) is 0 Å². The van der Waals surface area contributed by atoms with Crippen LogP contribution in [0.3, 0.4) is 0 Å².